The molecule has 0 unspecified atom stereocenters. The Balaban J connectivity index is 1.62. The van der Waals surface area contributed by atoms with E-state index < -0.39 is 6.17 Å². The lowest BCUT2D eigenvalue weighted by atomic mass is 9.87. The number of nitrogens with one attached hydrogen (secondary N) is 2. The number of aliphatic imine (C=N–C) groups is 1. The predicted molar refractivity (Wildman–Crippen MR) is 152 cm³/mol. The largest absolute Gasteiger partial charge is 0.382 e. The summed E-state index contributed by atoms with van der Waals surface area (Å²) in [5.74, 6) is 0.266. The molecule has 0 aliphatic carbocycles. The number of carbonyl (C=O) groups is 1. The van der Waals surface area contributed by atoms with Crippen LogP contribution in [0.1, 0.15) is 54.4 Å². The summed E-state index contributed by atoms with van der Waals surface area (Å²) in [6.45, 7) is 12.7. The van der Waals surface area contributed by atoms with Gasteiger partial charge < -0.3 is 21.3 Å². The van der Waals surface area contributed by atoms with Gasteiger partial charge in [-0.05, 0) is 60.4 Å². The number of rotatable bonds is 7. The van der Waals surface area contributed by atoms with E-state index in [4.69, 9.17) is 5.73 Å². The molecular formula is C29H34FN7O. The van der Waals surface area contributed by atoms with Crippen LogP contribution in [0, 0.1) is 6.92 Å². The number of carbonyl (C=O) groups excluding carboxylic acids is 1. The van der Waals surface area contributed by atoms with E-state index in [1.54, 1.807) is 23.2 Å². The van der Waals surface area contributed by atoms with E-state index in [2.05, 4.69) is 52.9 Å². The van der Waals surface area contributed by atoms with Gasteiger partial charge in [0.25, 0.3) is 5.91 Å². The third-order valence-corrected chi connectivity index (χ3v) is 6.39. The molecule has 3 aromatic rings. The van der Waals surface area contributed by atoms with E-state index >= 15 is 0 Å². The first-order valence-electron chi connectivity index (χ1n) is 12.6. The molecule has 0 saturated carbocycles. The number of aryl methyl sites for hydroxylation is 1. The summed E-state index contributed by atoms with van der Waals surface area (Å²) in [5.41, 5.74) is 10.9. The summed E-state index contributed by atoms with van der Waals surface area (Å²) in [6.07, 6.45) is 2.60. The first-order valence-corrected chi connectivity index (χ1v) is 12.6. The molecule has 1 amide bonds. The Bertz CT molecular complexity index is 1380. The molecule has 1 saturated heterocycles. The van der Waals surface area contributed by atoms with Gasteiger partial charge in [-0.1, -0.05) is 45.5 Å². The highest BCUT2D eigenvalue weighted by Crippen LogP contribution is 2.27. The van der Waals surface area contributed by atoms with Crippen molar-refractivity contribution in [3.63, 3.8) is 0 Å². The van der Waals surface area contributed by atoms with Crippen molar-refractivity contribution in [3.05, 3.63) is 83.8 Å². The molecule has 0 bridgehead atoms. The van der Waals surface area contributed by atoms with Crippen molar-refractivity contribution in [1.29, 1.82) is 0 Å². The minimum Gasteiger partial charge on any atom is -0.382 e. The molecule has 2 aromatic carbocycles. The van der Waals surface area contributed by atoms with E-state index in [9.17, 15) is 9.18 Å². The fourth-order valence-corrected chi connectivity index (χ4v) is 4.16. The van der Waals surface area contributed by atoms with Gasteiger partial charge in [-0.25, -0.2) is 19.4 Å². The van der Waals surface area contributed by atoms with Crippen molar-refractivity contribution in [3.8, 4) is 0 Å². The van der Waals surface area contributed by atoms with Crippen LogP contribution in [0.2, 0.25) is 0 Å². The molecule has 9 heteroatoms. The number of benzene rings is 2. The summed E-state index contributed by atoms with van der Waals surface area (Å²) in [7, 11) is 0. The van der Waals surface area contributed by atoms with Gasteiger partial charge in [0.2, 0.25) is 5.95 Å². The Morgan fingerprint density at radius 1 is 1.26 bits per heavy atom. The van der Waals surface area contributed by atoms with Gasteiger partial charge in [0.1, 0.15) is 11.9 Å². The second-order valence-electron chi connectivity index (χ2n) is 10.4. The van der Waals surface area contributed by atoms with E-state index in [0.29, 0.717) is 41.5 Å². The lowest BCUT2D eigenvalue weighted by Gasteiger charge is -2.20. The van der Waals surface area contributed by atoms with E-state index in [-0.39, 0.29) is 23.7 Å². The molecule has 0 spiro atoms. The van der Waals surface area contributed by atoms with Crippen LogP contribution in [0.5, 0.6) is 0 Å². The van der Waals surface area contributed by atoms with Crippen molar-refractivity contribution in [2.45, 2.75) is 45.7 Å². The number of amides is 1. The van der Waals surface area contributed by atoms with Gasteiger partial charge in [-0.2, -0.15) is 0 Å². The van der Waals surface area contributed by atoms with E-state index in [1.807, 2.05) is 37.3 Å². The van der Waals surface area contributed by atoms with Crippen LogP contribution in [0.4, 0.5) is 27.4 Å². The first kappa shape index (κ1) is 26.8. The molecule has 198 valence electrons. The number of hydrogen-bond acceptors (Lipinski definition) is 6. The van der Waals surface area contributed by atoms with Crippen LogP contribution in [-0.2, 0) is 5.41 Å². The summed E-state index contributed by atoms with van der Waals surface area (Å²) in [4.78, 5) is 28.4. The van der Waals surface area contributed by atoms with Crippen molar-refractivity contribution in [1.82, 2.24) is 9.97 Å². The fraction of sp³-hybridized carbons (Fsp3) is 0.310. The average molecular weight is 516 g/mol. The quantitative estimate of drug-likeness (QED) is 0.284. The number of halogens is 1. The number of amidine groups is 1. The van der Waals surface area contributed by atoms with Crippen LogP contribution < -0.4 is 21.3 Å². The number of alkyl halides is 1. The molecule has 1 aromatic heterocycles. The molecule has 2 heterocycles. The number of hydrogen-bond donors (Lipinski definition) is 3. The predicted octanol–water partition coefficient (Wildman–Crippen LogP) is 5.48. The molecule has 1 aliphatic rings. The van der Waals surface area contributed by atoms with Crippen LogP contribution in [0.3, 0.4) is 0 Å². The van der Waals surface area contributed by atoms with Gasteiger partial charge in [0, 0.05) is 17.8 Å². The topological polar surface area (TPSA) is 109 Å². The van der Waals surface area contributed by atoms with Gasteiger partial charge in [-0.15, -0.1) is 0 Å². The molecule has 4 rings (SSSR count). The Kier molecular flexibility index (Phi) is 7.75. The summed E-state index contributed by atoms with van der Waals surface area (Å²) < 4.78 is 13.8. The van der Waals surface area contributed by atoms with Gasteiger partial charge in [0.05, 0.1) is 24.1 Å². The highest BCUT2D eigenvalue weighted by molar-refractivity contribution is 6.06. The van der Waals surface area contributed by atoms with Crippen molar-refractivity contribution >= 4 is 34.8 Å². The van der Waals surface area contributed by atoms with Crippen molar-refractivity contribution in [2.75, 3.05) is 28.6 Å². The molecule has 1 fully saturated rings. The van der Waals surface area contributed by atoms with Crippen LogP contribution in [0.15, 0.2) is 66.4 Å². The van der Waals surface area contributed by atoms with E-state index in [1.165, 1.54) is 6.20 Å². The highest BCUT2D eigenvalue weighted by atomic mass is 19.1. The Morgan fingerprint density at radius 2 is 2.05 bits per heavy atom. The Morgan fingerprint density at radius 3 is 2.74 bits per heavy atom. The molecule has 38 heavy (non-hydrogen) atoms. The SMILES string of the molecule is C=CNc1cnc(N2CC[C@@H](F)C2)nc1C(N)=Nc1cc(C(=O)Nc2cccc(C(C)(C)C)c2)ccc1C. The van der Waals surface area contributed by atoms with Gasteiger partial charge in [0.15, 0.2) is 5.84 Å². The number of aromatic nitrogens is 2. The zero-order chi connectivity index (χ0) is 27.4. The monoisotopic (exact) mass is 515 g/mol. The fourth-order valence-electron chi connectivity index (χ4n) is 4.16. The normalized spacial score (nSPS) is 15.9. The first-order chi connectivity index (χ1) is 18.0. The van der Waals surface area contributed by atoms with Gasteiger partial charge >= 0.3 is 0 Å². The molecule has 4 N–H and O–H groups in total. The highest BCUT2D eigenvalue weighted by Gasteiger charge is 2.25. The minimum atomic E-state index is -0.911. The van der Waals surface area contributed by atoms with Gasteiger partial charge in [-0.3, -0.25) is 4.79 Å². The Hall–Kier alpha value is -4.27. The Labute approximate surface area is 222 Å². The molecule has 1 aliphatic heterocycles. The summed E-state index contributed by atoms with van der Waals surface area (Å²) in [5, 5.41) is 5.95. The second kappa shape index (κ2) is 11.0. The van der Waals surface area contributed by atoms with Crippen LogP contribution in [0.25, 0.3) is 0 Å². The molecule has 8 nitrogen and oxygen atoms in total. The zero-order valence-electron chi connectivity index (χ0n) is 22.3. The number of nitrogens with zero attached hydrogens (tertiary/aromatic N) is 4. The lowest BCUT2D eigenvalue weighted by molar-refractivity contribution is 0.102. The third kappa shape index (κ3) is 6.16. The minimum absolute atomic E-state index is 0.0352. The standard InChI is InChI=1S/C29H34FN7O/c1-6-32-24-16-33-28(37-13-12-21(30)17-37)36-25(24)26(31)35-23-14-19(11-10-18(23)2)27(38)34-22-9-7-8-20(15-22)29(3,4)5/h6-11,14-16,21,32H,1,12-13,17H2,2-5H3,(H2,31,35)(H,34,38)/t21-/m1/s1. The zero-order valence-corrected chi connectivity index (χ0v) is 22.3. The van der Waals surface area contributed by atoms with E-state index in [0.717, 1.165) is 16.8 Å². The van der Waals surface area contributed by atoms with Crippen molar-refractivity contribution in [2.24, 2.45) is 10.7 Å². The third-order valence-electron chi connectivity index (χ3n) is 6.39. The summed E-state index contributed by atoms with van der Waals surface area (Å²) >= 11 is 0. The van der Waals surface area contributed by atoms with Crippen molar-refractivity contribution < 1.29 is 9.18 Å². The summed E-state index contributed by atoms with van der Waals surface area (Å²) in [6, 6.07) is 13.1. The maximum atomic E-state index is 13.8. The number of anilines is 3. The van der Waals surface area contributed by atoms with Crippen LogP contribution in [-0.4, -0.2) is 41.0 Å². The molecule has 0 radical (unpaired) electrons. The second-order valence-corrected chi connectivity index (χ2v) is 10.4. The average Bonchev–Trinajstić information content (AvgIpc) is 3.31. The number of nitrogens with two attached hydrogens (primary N) is 1. The molecule has 1 atom stereocenters. The maximum absolute atomic E-state index is 13.8. The maximum Gasteiger partial charge on any atom is 0.255 e. The lowest BCUT2D eigenvalue weighted by Crippen LogP contribution is -2.25. The van der Waals surface area contributed by atoms with Crippen LogP contribution >= 0.6 is 0 Å². The smallest absolute Gasteiger partial charge is 0.255 e. The molecular weight excluding hydrogens is 481 g/mol.